The van der Waals surface area contributed by atoms with Crippen LogP contribution in [0.2, 0.25) is 0 Å². The molecule has 1 N–H and O–H groups in total. The Morgan fingerprint density at radius 3 is 2.73 bits per heavy atom. The van der Waals surface area contributed by atoms with E-state index in [0.29, 0.717) is 5.75 Å². The van der Waals surface area contributed by atoms with Crippen molar-refractivity contribution in [2.24, 2.45) is 0 Å². The van der Waals surface area contributed by atoms with Crippen molar-refractivity contribution in [1.82, 2.24) is 0 Å². The summed E-state index contributed by atoms with van der Waals surface area (Å²) >= 11 is 0. The van der Waals surface area contributed by atoms with Gasteiger partial charge in [-0.25, -0.2) is 0 Å². The normalized spacial score (nSPS) is 9.55. The molecular weight excluding hydrogens is 144 g/mol. The summed E-state index contributed by atoms with van der Waals surface area (Å²) < 4.78 is 9.68. The van der Waals surface area contributed by atoms with Crippen molar-refractivity contribution in [3.8, 4) is 11.5 Å². The van der Waals surface area contributed by atoms with Crippen LogP contribution >= 0.6 is 0 Å². The van der Waals surface area contributed by atoms with Gasteiger partial charge >= 0.3 is 0 Å². The van der Waals surface area contributed by atoms with Gasteiger partial charge in [-0.3, -0.25) is 0 Å². The number of para-hydroxylation sites is 2. The molecule has 0 aromatic heterocycles. The van der Waals surface area contributed by atoms with Crippen LogP contribution in [0.15, 0.2) is 24.3 Å². The molecule has 0 atom stereocenters. The second kappa shape index (κ2) is 3.83. The van der Waals surface area contributed by atoms with Crippen LogP contribution in [0, 0.1) is 0 Å². The summed E-state index contributed by atoms with van der Waals surface area (Å²) in [5, 5.41) is 9.16. The molecular formula is C8H10O3. The largest absolute Gasteiger partial charge is 0.504 e. The van der Waals surface area contributed by atoms with E-state index in [0.717, 1.165) is 0 Å². The van der Waals surface area contributed by atoms with Gasteiger partial charge in [-0.15, -0.1) is 0 Å². The Kier molecular flexibility index (Phi) is 2.74. The van der Waals surface area contributed by atoms with E-state index in [-0.39, 0.29) is 12.5 Å². The third-order valence-electron chi connectivity index (χ3n) is 1.20. The van der Waals surface area contributed by atoms with Crippen LogP contribution < -0.4 is 4.74 Å². The van der Waals surface area contributed by atoms with Gasteiger partial charge in [-0.1, -0.05) is 12.1 Å². The minimum atomic E-state index is 0.129. The number of hydrogen-bond acceptors (Lipinski definition) is 3. The van der Waals surface area contributed by atoms with Crippen LogP contribution in [0.4, 0.5) is 0 Å². The molecule has 3 heteroatoms. The summed E-state index contributed by atoms with van der Waals surface area (Å²) in [5.74, 6) is 0.568. The molecule has 1 rings (SSSR count). The highest BCUT2D eigenvalue weighted by molar-refractivity contribution is 5.37. The predicted octanol–water partition coefficient (Wildman–Crippen LogP) is 1.37. The molecule has 0 aliphatic rings. The van der Waals surface area contributed by atoms with E-state index < -0.39 is 0 Å². The standard InChI is InChI=1S/C8H10O3/c1-10-6-11-8-5-3-2-4-7(8)9/h2-5,9H,6H2,1H3. The lowest BCUT2D eigenvalue weighted by Gasteiger charge is -2.04. The zero-order valence-electron chi connectivity index (χ0n) is 6.28. The highest BCUT2D eigenvalue weighted by Crippen LogP contribution is 2.23. The van der Waals surface area contributed by atoms with E-state index in [4.69, 9.17) is 9.84 Å². The van der Waals surface area contributed by atoms with E-state index in [1.54, 1.807) is 24.3 Å². The van der Waals surface area contributed by atoms with E-state index in [1.165, 1.54) is 7.11 Å². The number of methoxy groups -OCH3 is 1. The molecule has 0 spiro atoms. The monoisotopic (exact) mass is 154 g/mol. The molecule has 0 aliphatic heterocycles. The molecule has 0 aliphatic carbocycles. The molecule has 0 unspecified atom stereocenters. The van der Waals surface area contributed by atoms with Gasteiger partial charge < -0.3 is 14.6 Å². The first-order valence-corrected chi connectivity index (χ1v) is 3.24. The highest BCUT2D eigenvalue weighted by Gasteiger charge is 1.97. The molecule has 11 heavy (non-hydrogen) atoms. The minimum Gasteiger partial charge on any atom is -0.504 e. The first kappa shape index (κ1) is 7.88. The molecule has 1 aromatic carbocycles. The van der Waals surface area contributed by atoms with Crippen LogP contribution in [-0.4, -0.2) is 19.0 Å². The van der Waals surface area contributed by atoms with Gasteiger partial charge in [0.15, 0.2) is 18.3 Å². The molecule has 0 saturated carbocycles. The van der Waals surface area contributed by atoms with Gasteiger partial charge in [0.05, 0.1) is 0 Å². The lowest BCUT2D eigenvalue weighted by Crippen LogP contribution is -1.98. The maximum atomic E-state index is 9.16. The second-order valence-electron chi connectivity index (χ2n) is 2.02. The Labute approximate surface area is 65.2 Å². The molecule has 0 amide bonds. The van der Waals surface area contributed by atoms with Gasteiger partial charge in [0.25, 0.3) is 0 Å². The van der Waals surface area contributed by atoms with Crippen LogP contribution in [0.25, 0.3) is 0 Å². The van der Waals surface area contributed by atoms with Gasteiger partial charge in [0.2, 0.25) is 0 Å². The SMILES string of the molecule is COCOc1ccccc1O. The third-order valence-corrected chi connectivity index (χ3v) is 1.20. The minimum absolute atomic E-state index is 0.129. The topological polar surface area (TPSA) is 38.7 Å². The Morgan fingerprint density at radius 2 is 2.09 bits per heavy atom. The Hall–Kier alpha value is -1.22. The summed E-state index contributed by atoms with van der Waals surface area (Å²) in [6.07, 6.45) is 0. The third kappa shape index (κ3) is 2.13. The fraction of sp³-hybridized carbons (Fsp3) is 0.250. The van der Waals surface area contributed by atoms with Crippen molar-refractivity contribution in [3.05, 3.63) is 24.3 Å². The number of rotatable bonds is 3. The number of phenols is 1. The Balaban J connectivity index is 2.62. The number of benzene rings is 1. The van der Waals surface area contributed by atoms with E-state index in [1.807, 2.05) is 0 Å². The number of phenolic OH excluding ortho intramolecular Hbond substituents is 1. The van der Waals surface area contributed by atoms with E-state index >= 15 is 0 Å². The zero-order valence-corrected chi connectivity index (χ0v) is 6.28. The van der Waals surface area contributed by atoms with Crippen molar-refractivity contribution in [3.63, 3.8) is 0 Å². The van der Waals surface area contributed by atoms with Gasteiger partial charge in [-0.05, 0) is 12.1 Å². The van der Waals surface area contributed by atoms with Crippen molar-refractivity contribution in [2.45, 2.75) is 0 Å². The molecule has 3 nitrogen and oxygen atoms in total. The molecule has 0 radical (unpaired) electrons. The quantitative estimate of drug-likeness (QED) is 0.668. The molecule has 0 fully saturated rings. The smallest absolute Gasteiger partial charge is 0.188 e. The van der Waals surface area contributed by atoms with Crippen molar-refractivity contribution in [1.29, 1.82) is 0 Å². The molecule has 0 bridgehead atoms. The number of hydrogen-bond donors (Lipinski definition) is 1. The van der Waals surface area contributed by atoms with Crippen molar-refractivity contribution in [2.75, 3.05) is 13.9 Å². The lowest BCUT2D eigenvalue weighted by atomic mass is 10.3. The molecule has 0 heterocycles. The van der Waals surface area contributed by atoms with Crippen LogP contribution in [-0.2, 0) is 4.74 Å². The first-order chi connectivity index (χ1) is 5.34. The predicted molar refractivity (Wildman–Crippen MR) is 40.6 cm³/mol. The average molecular weight is 154 g/mol. The Bertz CT molecular complexity index is 222. The molecule has 0 saturated heterocycles. The summed E-state index contributed by atoms with van der Waals surface area (Å²) in [7, 11) is 1.53. The lowest BCUT2D eigenvalue weighted by molar-refractivity contribution is 0.0492. The van der Waals surface area contributed by atoms with E-state index in [2.05, 4.69) is 4.74 Å². The number of ether oxygens (including phenoxy) is 2. The number of aromatic hydroxyl groups is 1. The second-order valence-corrected chi connectivity index (χ2v) is 2.02. The fourth-order valence-electron chi connectivity index (χ4n) is 0.702. The molecule has 1 aromatic rings. The average Bonchev–Trinajstić information content (AvgIpc) is 2.03. The van der Waals surface area contributed by atoms with Crippen molar-refractivity contribution >= 4 is 0 Å². The van der Waals surface area contributed by atoms with Crippen LogP contribution in [0.3, 0.4) is 0 Å². The summed E-state index contributed by atoms with van der Waals surface area (Å²) in [6.45, 7) is 0.150. The Morgan fingerprint density at radius 1 is 1.36 bits per heavy atom. The molecule has 60 valence electrons. The first-order valence-electron chi connectivity index (χ1n) is 3.24. The van der Waals surface area contributed by atoms with E-state index in [9.17, 15) is 0 Å². The van der Waals surface area contributed by atoms with Crippen LogP contribution in [0.5, 0.6) is 11.5 Å². The van der Waals surface area contributed by atoms with Crippen LogP contribution in [0.1, 0.15) is 0 Å². The summed E-state index contributed by atoms with van der Waals surface area (Å²) in [4.78, 5) is 0. The van der Waals surface area contributed by atoms with Gasteiger partial charge in [0.1, 0.15) is 0 Å². The zero-order chi connectivity index (χ0) is 8.10. The maximum absolute atomic E-state index is 9.16. The maximum Gasteiger partial charge on any atom is 0.188 e. The van der Waals surface area contributed by atoms with Gasteiger partial charge in [0, 0.05) is 7.11 Å². The van der Waals surface area contributed by atoms with Gasteiger partial charge in [-0.2, -0.15) is 0 Å². The summed E-state index contributed by atoms with van der Waals surface area (Å²) in [5.41, 5.74) is 0. The van der Waals surface area contributed by atoms with Crippen molar-refractivity contribution < 1.29 is 14.6 Å². The summed E-state index contributed by atoms with van der Waals surface area (Å²) in [6, 6.07) is 6.75. The highest BCUT2D eigenvalue weighted by atomic mass is 16.7. The fourth-order valence-corrected chi connectivity index (χ4v) is 0.702.